The molecule has 586 valence electrons. The topological polar surface area (TPSA) is 459 Å². The third kappa shape index (κ3) is 30.1. The molecule has 4 bridgehead atoms. The summed E-state index contributed by atoms with van der Waals surface area (Å²) in [5, 5.41) is 47.1. The second-order valence-electron chi connectivity index (χ2n) is 25.3. The summed E-state index contributed by atoms with van der Waals surface area (Å²) in [5.74, 6) is -7.49. The fraction of sp³-hybridized carbons (Fsp3) is 0.403. The van der Waals surface area contributed by atoms with Crippen molar-refractivity contribution in [2.24, 2.45) is 4.36 Å². The van der Waals surface area contributed by atoms with E-state index < -0.39 is 122 Å². The Balaban J connectivity index is 0.00000961. The minimum atomic E-state index is -4.21. The normalized spacial score (nSPS) is 15.2. The Labute approximate surface area is 684 Å². The zero-order valence-electron chi connectivity index (χ0n) is 62.1. The summed E-state index contributed by atoms with van der Waals surface area (Å²) in [6, 6.07) is 18.3. The van der Waals surface area contributed by atoms with Crippen LogP contribution in [-0.4, -0.2) is 178 Å². The number of hydrogen-bond acceptors (Lipinski definition) is 22. The first kappa shape index (κ1) is 90.7. The van der Waals surface area contributed by atoms with Crippen molar-refractivity contribution in [3.05, 3.63) is 138 Å². The van der Waals surface area contributed by atoms with Gasteiger partial charge in [0.05, 0.1) is 85.0 Å². The molecule has 8 rings (SSSR count). The molecule has 1 saturated heterocycles. The van der Waals surface area contributed by atoms with Gasteiger partial charge >= 0.3 is 77.2 Å². The van der Waals surface area contributed by atoms with E-state index in [0.29, 0.717) is 55.5 Å². The Bertz CT molecular complexity index is 4490. The Morgan fingerprint density at radius 3 is 2.05 bits per heavy atom. The summed E-state index contributed by atoms with van der Waals surface area (Å²) in [7, 11) is -7.61. The number of nitrogens with zero attached hydrogens (tertiary/aromatic N) is 4. The first-order chi connectivity index (χ1) is 52.1. The summed E-state index contributed by atoms with van der Waals surface area (Å²) in [5.41, 5.74) is 1.88. The monoisotopic (exact) mass is 1600 g/mol. The van der Waals surface area contributed by atoms with Crippen molar-refractivity contribution in [3.63, 3.8) is 0 Å². The van der Waals surface area contributed by atoms with E-state index in [0.717, 1.165) is 11.1 Å². The van der Waals surface area contributed by atoms with Gasteiger partial charge in [0, 0.05) is 103 Å². The molecule has 0 radical (unpaired) electrons. The van der Waals surface area contributed by atoms with Gasteiger partial charge in [0.15, 0.2) is 0 Å². The number of sulfonamides is 1. The SMILES string of the molecule is CCCNC(=O)Nc1cccc(S(=O)(=O)Nc2cccc([C@@H](CC(=O)[O-])NC(=O)Nc3ccc(NC(=O)NCCOCCOCCOCCC(=O)N[C@@H](CC(=O)[O-])C(=O)N4CCC[C@H]4C(=O)N[C@@H](C)C(=O)N=[S@](C)(=O)Cc4cc5nc(c4)O[C@@H](C)CCCCOc4cc(F)ccc4-c4cc(ncc4F)N5)cc3)c2)c1.[Na+].[Na+]. The standard InChI is InChI=1S/C72H88F2N14O19S2.2Na/c1-5-24-75-70(97)81-51-13-9-15-53(38-51)109(101,102)86-52-14-8-12-47(36-52)57(40-65(90)91)83-72(99)80-50-20-18-49(19-21-50)79-71(98)76-25-29-104-31-33-105-32-30-103-28-23-63(89)82-58(41-66(92)93)69(96)88-26-10-16-59(88)68(95)78-45(3)67(94)87-108(4,100)43-46-34-62-84-61-39-55(56(74)42-77-61)54-22-17-48(73)37-60(54)106-27-7-6-11-44(2)107-64(35-46)85-62;;/h8-9,12-15,17-22,34-39,42,44-45,57-59,86H,5-7,10-11,16,23-33,40-41,43H2,1-4H3,(H,78,95)(H,82,89)(H,90,91)(H,92,93)(H2,75,81,97)(H2,76,79,98)(H,77,84,85)(H2,80,83,99);;/q;2*+1/p-2/t44-,45-,57+,58-,59-,108+;;/m0../s1. The second kappa shape index (κ2) is 44.8. The predicted octanol–water partition coefficient (Wildman–Crippen LogP) is -0.655. The van der Waals surface area contributed by atoms with Crippen molar-refractivity contribution < 1.29 is 158 Å². The van der Waals surface area contributed by atoms with Crippen molar-refractivity contribution in [1.29, 1.82) is 0 Å². The number of aromatic nitrogens is 2. The molecule has 0 saturated carbocycles. The molecular formula is C72H86F2N14Na2O19S2. The number of amides is 10. The van der Waals surface area contributed by atoms with Gasteiger partial charge in [-0.25, -0.2) is 40.8 Å². The molecule has 10 N–H and O–H groups in total. The average molecular weight is 1600 g/mol. The van der Waals surface area contributed by atoms with E-state index in [-0.39, 0.29) is 200 Å². The third-order valence-corrected chi connectivity index (χ3v) is 19.2. The van der Waals surface area contributed by atoms with Crippen LogP contribution in [0.4, 0.5) is 57.5 Å². The Morgan fingerprint density at radius 2 is 1.35 bits per heavy atom. The maximum absolute atomic E-state index is 15.3. The average Bonchev–Trinajstić information content (AvgIpc) is 1.11. The molecule has 6 atom stereocenters. The number of fused-ring (bicyclic) bond motifs is 6. The number of rotatable bonds is 33. The summed E-state index contributed by atoms with van der Waals surface area (Å²) in [4.78, 5) is 125. The summed E-state index contributed by atoms with van der Waals surface area (Å²) >= 11 is 0. The Morgan fingerprint density at radius 1 is 0.694 bits per heavy atom. The maximum Gasteiger partial charge on any atom is 1.00 e. The molecule has 2 aromatic heterocycles. The number of halogens is 2. The minimum Gasteiger partial charge on any atom is -0.550 e. The third-order valence-electron chi connectivity index (χ3n) is 16.4. The number of carbonyl (C=O) groups excluding carboxylic acids is 9. The van der Waals surface area contributed by atoms with Gasteiger partial charge in [-0.05, 0) is 142 Å². The van der Waals surface area contributed by atoms with Crippen LogP contribution in [0.3, 0.4) is 0 Å². The molecule has 39 heteroatoms. The van der Waals surface area contributed by atoms with Crippen LogP contribution >= 0.6 is 0 Å². The first-order valence-electron chi connectivity index (χ1n) is 34.9. The predicted molar refractivity (Wildman–Crippen MR) is 392 cm³/mol. The van der Waals surface area contributed by atoms with Gasteiger partial charge in [-0.15, -0.1) is 0 Å². The van der Waals surface area contributed by atoms with E-state index in [9.17, 15) is 70.4 Å². The number of benzene rings is 4. The van der Waals surface area contributed by atoms with Crippen molar-refractivity contribution in [2.75, 3.05) is 98.1 Å². The maximum atomic E-state index is 15.3. The molecule has 111 heavy (non-hydrogen) atoms. The van der Waals surface area contributed by atoms with E-state index in [1.165, 1.54) is 116 Å². The first-order valence-corrected chi connectivity index (χ1v) is 38.5. The van der Waals surface area contributed by atoms with E-state index in [2.05, 4.69) is 66.9 Å². The van der Waals surface area contributed by atoms with Crippen LogP contribution in [0.25, 0.3) is 11.1 Å². The number of pyridine rings is 2. The number of anilines is 6. The molecule has 1 fully saturated rings. The molecule has 6 aromatic rings. The molecule has 2 aliphatic heterocycles. The van der Waals surface area contributed by atoms with E-state index >= 15 is 4.39 Å². The second-order valence-corrected chi connectivity index (χ2v) is 29.4. The van der Waals surface area contributed by atoms with Crippen molar-refractivity contribution in [3.8, 4) is 22.8 Å². The van der Waals surface area contributed by atoms with E-state index in [1.54, 1.807) is 6.07 Å². The van der Waals surface area contributed by atoms with Crippen LogP contribution in [0.15, 0.2) is 125 Å². The fourth-order valence-corrected chi connectivity index (χ4v) is 13.7. The Hall–Kier alpha value is -9.15. The van der Waals surface area contributed by atoms with Crippen LogP contribution < -0.4 is 131 Å². The number of urea groups is 3. The molecule has 10 amide bonds. The van der Waals surface area contributed by atoms with E-state index in [1.807, 2.05) is 13.8 Å². The van der Waals surface area contributed by atoms with Gasteiger partial charge < -0.3 is 96.2 Å². The molecule has 4 aromatic carbocycles. The van der Waals surface area contributed by atoms with Gasteiger partial charge in [0.1, 0.15) is 47.1 Å². The number of ether oxygens (including phenoxy) is 5. The van der Waals surface area contributed by atoms with Crippen LogP contribution in [-0.2, 0) is 68.5 Å². The number of nitrogens with one attached hydrogen (secondary N) is 10. The fourth-order valence-electron chi connectivity index (χ4n) is 11.2. The van der Waals surface area contributed by atoms with Crippen LogP contribution in [0.2, 0.25) is 0 Å². The smallest absolute Gasteiger partial charge is 0.550 e. The summed E-state index contributed by atoms with van der Waals surface area (Å²) in [6.07, 6.45) is 2.91. The molecule has 33 nitrogen and oxygen atoms in total. The molecule has 4 heterocycles. The molecule has 0 spiro atoms. The van der Waals surface area contributed by atoms with Crippen molar-refractivity contribution in [1.82, 2.24) is 41.5 Å². The number of hydrogen-bond donors (Lipinski definition) is 10. The number of likely N-dealkylation sites (tertiary alicyclic amines) is 1. The van der Waals surface area contributed by atoms with E-state index in [4.69, 9.17) is 23.7 Å². The number of carboxylic acid groups (broad SMARTS) is 2. The number of carbonyl (C=O) groups is 9. The van der Waals surface area contributed by atoms with Crippen LogP contribution in [0, 0.1) is 11.6 Å². The van der Waals surface area contributed by atoms with Crippen molar-refractivity contribution in [2.45, 2.75) is 119 Å². The zero-order chi connectivity index (χ0) is 78.6. The molecule has 0 aliphatic carbocycles. The van der Waals surface area contributed by atoms with Gasteiger partial charge in [-0.1, -0.05) is 25.1 Å². The van der Waals surface area contributed by atoms with Crippen LogP contribution in [0.5, 0.6) is 11.6 Å². The minimum absolute atomic E-state index is 0. The van der Waals surface area contributed by atoms with Gasteiger partial charge in [0.25, 0.3) is 15.9 Å². The zero-order valence-corrected chi connectivity index (χ0v) is 67.7. The summed E-state index contributed by atoms with van der Waals surface area (Å²) < 4.78 is 105. The van der Waals surface area contributed by atoms with Gasteiger partial charge in [-0.3, -0.25) is 23.9 Å². The van der Waals surface area contributed by atoms with Gasteiger partial charge in [-0.2, -0.15) is 9.35 Å². The quantitative estimate of drug-likeness (QED) is 0.0181. The van der Waals surface area contributed by atoms with Gasteiger partial charge in [0.2, 0.25) is 23.6 Å². The Kier molecular flexibility index (Phi) is 36.6. The number of carboxylic acids is 2. The molecular weight excluding hydrogens is 1510 g/mol. The largest absolute Gasteiger partial charge is 1.00 e. The molecule has 0 unspecified atom stereocenters. The van der Waals surface area contributed by atoms with Crippen molar-refractivity contribution >= 4 is 108 Å². The van der Waals surface area contributed by atoms with Crippen LogP contribution in [0.1, 0.15) is 95.7 Å². The summed E-state index contributed by atoms with van der Waals surface area (Å²) in [6.45, 7) is 6.19. The molecule has 2 aliphatic rings. The number of aliphatic carboxylic acids is 2.